The van der Waals surface area contributed by atoms with Gasteiger partial charge in [0.25, 0.3) is 5.56 Å². The van der Waals surface area contributed by atoms with Gasteiger partial charge in [-0.15, -0.1) is 0 Å². The maximum atomic E-state index is 13.7. The van der Waals surface area contributed by atoms with Crippen molar-refractivity contribution in [2.24, 2.45) is 5.10 Å². The Labute approximate surface area is 278 Å². The lowest BCUT2D eigenvalue weighted by Gasteiger charge is -2.15. The number of ether oxygens (including phenoxy) is 2. The lowest BCUT2D eigenvalue weighted by atomic mass is 10.2. The van der Waals surface area contributed by atoms with Crippen LogP contribution in [0.15, 0.2) is 97.6 Å². The fourth-order valence-electron chi connectivity index (χ4n) is 4.49. The summed E-state index contributed by atoms with van der Waals surface area (Å²) in [7, 11) is 0. The summed E-state index contributed by atoms with van der Waals surface area (Å²) in [6, 6.07) is 23.8. The van der Waals surface area contributed by atoms with Crippen molar-refractivity contribution in [1.29, 1.82) is 0 Å². The Morgan fingerprint density at radius 3 is 2.67 bits per heavy atom. The van der Waals surface area contributed by atoms with Crippen LogP contribution in [0.1, 0.15) is 18.1 Å². The van der Waals surface area contributed by atoms with Crippen molar-refractivity contribution < 1.29 is 13.9 Å². The number of nitrogens with zero attached hydrogens (tertiary/aromatic N) is 3. The van der Waals surface area contributed by atoms with E-state index in [1.54, 1.807) is 36.5 Å². The third-order valence-electron chi connectivity index (χ3n) is 6.47. The van der Waals surface area contributed by atoms with Crippen molar-refractivity contribution in [1.82, 2.24) is 9.66 Å². The molecule has 0 bridgehead atoms. The Balaban J connectivity index is 1.39. The Morgan fingerprint density at radius 2 is 1.86 bits per heavy atom. The fraction of sp³-hybridized carbons (Fsp3) is 0.0938. The fourth-order valence-corrected chi connectivity index (χ4v) is 5.97. The summed E-state index contributed by atoms with van der Waals surface area (Å²) in [6.45, 7) is 2.60. The number of furan rings is 1. The molecule has 43 heavy (non-hydrogen) atoms. The minimum absolute atomic E-state index is 0.274. The molecule has 0 N–H and O–H groups in total. The summed E-state index contributed by atoms with van der Waals surface area (Å²) in [5.41, 5.74) is 2.47. The summed E-state index contributed by atoms with van der Waals surface area (Å²) in [6.07, 6.45) is 1.59. The van der Waals surface area contributed by atoms with Gasteiger partial charge in [0.1, 0.15) is 12.2 Å². The van der Waals surface area contributed by atoms with Crippen LogP contribution in [0.5, 0.6) is 11.5 Å². The Bertz CT molecular complexity index is 2090. The van der Waals surface area contributed by atoms with E-state index in [-0.39, 0.29) is 18.0 Å². The number of hydrogen-bond donors (Lipinski definition) is 0. The predicted octanol–water partition coefficient (Wildman–Crippen LogP) is 9.34. The summed E-state index contributed by atoms with van der Waals surface area (Å²) >= 11 is 17.9. The van der Waals surface area contributed by atoms with Gasteiger partial charge in [-0.3, -0.25) is 4.79 Å². The summed E-state index contributed by atoms with van der Waals surface area (Å²) < 4.78 is 21.1. The highest BCUT2D eigenvalue weighted by Gasteiger charge is 2.17. The molecule has 4 aromatic carbocycles. The van der Waals surface area contributed by atoms with E-state index < -0.39 is 0 Å². The quantitative estimate of drug-likeness (QED) is 0.114. The molecule has 2 heterocycles. The van der Waals surface area contributed by atoms with Gasteiger partial charge in [-0.1, -0.05) is 57.3 Å². The van der Waals surface area contributed by atoms with Gasteiger partial charge >= 0.3 is 0 Å². The molecule has 0 saturated heterocycles. The van der Waals surface area contributed by atoms with Gasteiger partial charge in [0.2, 0.25) is 5.82 Å². The molecule has 0 aliphatic heterocycles. The lowest BCUT2D eigenvalue weighted by Crippen LogP contribution is -2.20. The van der Waals surface area contributed by atoms with Gasteiger partial charge < -0.3 is 13.9 Å². The van der Waals surface area contributed by atoms with Crippen molar-refractivity contribution in [2.45, 2.75) is 13.5 Å². The summed E-state index contributed by atoms with van der Waals surface area (Å²) in [5.74, 6) is 1.84. The highest BCUT2D eigenvalue weighted by molar-refractivity contribution is 14.1. The van der Waals surface area contributed by atoms with Crippen molar-refractivity contribution >= 4 is 89.8 Å². The van der Waals surface area contributed by atoms with Gasteiger partial charge in [-0.2, -0.15) is 9.78 Å². The summed E-state index contributed by atoms with van der Waals surface area (Å²) in [5, 5.41) is 6.85. The van der Waals surface area contributed by atoms with Crippen LogP contribution in [0.3, 0.4) is 0 Å². The topological polar surface area (TPSA) is 78.9 Å². The lowest BCUT2D eigenvalue weighted by molar-refractivity contribution is 0.267. The monoisotopic (exact) mass is 787 g/mol. The van der Waals surface area contributed by atoms with E-state index >= 15 is 0 Å². The first kappa shape index (κ1) is 29.7. The highest BCUT2D eigenvalue weighted by Crippen LogP contribution is 2.35. The number of hydrogen-bond acceptors (Lipinski definition) is 6. The molecular weight excluding hydrogens is 768 g/mol. The van der Waals surface area contributed by atoms with E-state index in [4.69, 9.17) is 42.1 Å². The standard InChI is InChI=1S/C32H21BrCl2IN3O4/c1-2-41-28-13-19(12-25(36)30(28)42-17-18-7-9-23(34)24(35)11-18)16-37-39-31(38-26-6-4-3-5-22(26)32(39)40)29-15-20-14-21(33)8-10-27(20)43-29/h3-16H,2,17H2,1H3. The number of fused-ring (bicyclic) bond motifs is 2. The smallest absolute Gasteiger partial charge is 0.282 e. The van der Waals surface area contributed by atoms with E-state index in [9.17, 15) is 4.79 Å². The van der Waals surface area contributed by atoms with Crippen molar-refractivity contribution in [3.63, 3.8) is 0 Å². The third-order valence-corrected chi connectivity index (χ3v) is 8.51. The number of aromatic nitrogens is 2. The highest BCUT2D eigenvalue weighted by atomic mass is 127. The second-order valence-corrected chi connectivity index (χ2v) is 12.3. The molecule has 2 aromatic heterocycles. The molecular formula is C32H21BrCl2IN3O4. The molecule has 0 atom stereocenters. The van der Waals surface area contributed by atoms with Gasteiger partial charge in [-0.25, -0.2) is 4.98 Å². The van der Waals surface area contributed by atoms with Gasteiger partial charge in [-0.05, 0) is 101 Å². The first-order valence-corrected chi connectivity index (χ1v) is 15.7. The molecule has 0 amide bonds. The van der Waals surface area contributed by atoms with E-state index in [0.29, 0.717) is 56.0 Å². The Morgan fingerprint density at radius 1 is 1.02 bits per heavy atom. The zero-order chi connectivity index (χ0) is 30.1. The largest absolute Gasteiger partial charge is 0.490 e. The molecule has 7 nitrogen and oxygen atoms in total. The van der Waals surface area contributed by atoms with Crippen LogP contribution in [-0.4, -0.2) is 22.5 Å². The second-order valence-electron chi connectivity index (χ2n) is 9.41. The van der Waals surface area contributed by atoms with Crippen LogP contribution in [0.25, 0.3) is 33.5 Å². The summed E-state index contributed by atoms with van der Waals surface area (Å²) in [4.78, 5) is 18.4. The molecule has 0 aliphatic carbocycles. The molecule has 6 rings (SSSR count). The zero-order valence-corrected chi connectivity index (χ0v) is 27.7. The van der Waals surface area contributed by atoms with Gasteiger partial charge in [0.05, 0.1) is 37.3 Å². The SMILES string of the molecule is CCOc1cc(C=Nn2c(-c3cc4cc(Br)ccc4o3)nc3ccccc3c2=O)cc(I)c1OCc1ccc(Cl)c(Cl)c1. The molecule has 11 heteroatoms. The molecule has 0 radical (unpaired) electrons. The van der Waals surface area contributed by atoms with Crippen LogP contribution in [-0.2, 0) is 6.61 Å². The average molecular weight is 789 g/mol. The Hall–Kier alpha value is -3.38. The maximum absolute atomic E-state index is 13.7. The normalized spacial score (nSPS) is 11.6. The molecule has 0 saturated carbocycles. The van der Waals surface area contributed by atoms with Crippen LogP contribution < -0.4 is 15.0 Å². The van der Waals surface area contributed by atoms with Gasteiger partial charge in [0.15, 0.2) is 17.3 Å². The van der Waals surface area contributed by atoms with Crippen molar-refractivity contribution in [3.8, 4) is 23.1 Å². The number of rotatable bonds is 8. The van der Waals surface area contributed by atoms with Crippen molar-refractivity contribution in [2.75, 3.05) is 6.61 Å². The van der Waals surface area contributed by atoms with Crippen LogP contribution in [0.2, 0.25) is 10.0 Å². The van der Waals surface area contributed by atoms with Crippen LogP contribution in [0, 0.1) is 3.57 Å². The van der Waals surface area contributed by atoms with E-state index in [2.05, 4.69) is 43.6 Å². The minimum atomic E-state index is -0.320. The molecule has 6 aromatic rings. The number of halogens is 4. The van der Waals surface area contributed by atoms with Crippen molar-refractivity contribution in [3.05, 3.63) is 118 Å². The molecule has 0 aliphatic rings. The molecule has 216 valence electrons. The van der Waals surface area contributed by atoms with E-state index in [1.165, 1.54) is 4.68 Å². The third kappa shape index (κ3) is 6.31. The minimum Gasteiger partial charge on any atom is -0.490 e. The first-order valence-electron chi connectivity index (χ1n) is 13.1. The number of benzene rings is 4. The van der Waals surface area contributed by atoms with Crippen LogP contribution >= 0.6 is 61.7 Å². The Kier molecular flexibility index (Phi) is 8.76. The van der Waals surface area contributed by atoms with E-state index in [0.717, 1.165) is 19.0 Å². The van der Waals surface area contributed by atoms with E-state index in [1.807, 2.05) is 55.5 Å². The molecule has 0 spiro atoms. The average Bonchev–Trinajstić information content (AvgIpc) is 3.41. The number of para-hydroxylation sites is 1. The second kappa shape index (κ2) is 12.7. The van der Waals surface area contributed by atoms with Crippen LogP contribution in [0.4, 0.5) is 0 Å². The molecule has 0 unspecified atom stereocenters. The maximum Gasteiger partial charge on any atom is 0.282 e. The molecule has 0 fully saturated rings. The predicted molar refractivity (Wildman–Crippen MR) is 183 cm³/mol. The zero-order valence-electron chi connectivity index (χ0n) is 22.5. The van der Waals surface area contributed by atoms with Gasteiger partial charge in [0, 0.05) is 9.86 Å². The first-order chi connectivity index (χ1) is 20.8.